The molecule has 0 N–H and O–H groups in total. The van der Waals surface area contributed by atoms with Gasteiger partial charge in [0.1, 0.15) is 0 Å². The molecule has 30 heavy (non-hydrogen) atoms. The molecule has 0 aromatic carbocycles. The molecule has 3 aliphatic rings. The van der Waals surface area contributed by atoms with E-state index in [0.29, 0.717) is 16.2 Å². The van der Waals surface area contributed by atoms with Crippen LogP contribution in [0.5, 0.6) is 0 Å². The van der Waals surface area contributed by atoms with Crippen molar-refractivity contribution in [1.82, 2.24) is 0 Å². The zero-order valence-electron chi connectivity index (χ0n) is 21.4. The molecule has 0 aromatic heterocycles. The Morgan fingerprint density at radius 3 is 2.20 bits per heavy atom. The fourth-order valence-corrected chi connectivity index (χ4v) is 8.47. The molecule has 3 fully saturated rings. The second kappa shape index (κ2) is 8.99. The van der Waals surface area contributed by atoms with Gasteiger partial charge >= 0.3 is 0 Å². The van der Waals surface area contributed by atoms with Crippen molar-refractivity contribution in [3.8, 4) is 0 Å². The monoisotopic (exact) mass is 410 g/mol. The molecule has 5 atom stereocenters. The summed E-state index contributed by atoms with van der Waals surface area (Å²) in [6.45, 7) is 21.8. The van der Waals surface area contributed by atoms with Crippen LogP contribution in [-0.4, -0.2) is 0 Å². The second-order valence-corrected chi connectivity index (χ2v) is 12.7. The highest BCUT2D eigenvalue weighted by Gasteiger charge is 2.62. The summed E-state index contributed by atoms with van der Waals surface area (Å²) in [6.07, 6.45) is 19.7. The molecule has 170 valence electrons. The van der Waals surface area contributed by atoms with Crippen LogP contribution < -0.4 is 0 Å². The van der Waals surface area contributed by atoms with Crippen molar-refractivity contribution >= 4 is 0 Å². The van der Waals surface area contributed by atoms with Crippen LogP contribution in [0.4, 0.5) is 0 Å². The lowest BCUT2D eigenvalue weighted by Gasteiger charge is -2.62. The minimum Gasteiger partial charge on any atom is -0.0995 e. The number of rotatable bonds is 7. The van der Waals surface area contributed by atoms with Crippen LogP contribution >= 0.6 is 0 Å². The fourth-order valence-electron chi connectivity index (χ4n) is 8.47. The van der Waals surface area contributed by atoms with Crippen LogP contribution in [-0.2, 0) is 0 Å². The molecule has 0 aromatic rings. The quantitative estimate of drug-likeness (QED) is 0.366. The Balaban J connectivity index is 1.62. The summed E-state index contributed by atoms with van der Waals surface area (Å²) in [5, 5.41) is 0. The third-order valence-electron chi connectivity index (χ3n) is 9.92. The van der Waals surface area contributed by atoms with Gasteiger partial charge in [-0.25, -0.2) is 0 Å². The molecular formula is C30H50. The maximum atomic E-state index is 4.67. The molecule has 0 nitrogen and oxygen atoms in total. The van der Waals surface area contributed by atoms with Crippen molar-refractivity contribution in [1.29, 1.82) is 0 Å². The van der Waals surface area contributed by atoms with E-state index in [9.17, 15) is 0 Å². The maximum absolute atomic E-state index is 4.67. The summed E-state index contributed by atoms with van der Waals surface area (Å²) >= 11 is 0. The lowest BCUT2D eigenvalue weighted by Crippen LogP contribution is -2.54. The van der Waals surface area contributed by atoms with E-state index in [-0.39, 0.29) is 0 Å². The molecule has 0 saturated heterocycles. The summed E-state index contributed by atoms with van der Waals surface area (Å²) < 4.78 is 0. The minimum absolute atomic E-state index is 0.498. The number of hydrogen-bond donors (Lipinski definition) is 0. The van der Waals surface area contributed by atoms with E-state index >= 15 is 0 Å². The van der Waals surface area contributed by atoms with Gasteiger partial charge in [0, 0.05) is 0 Å². The summed E-state index contributed by atoms with van der Waals surface area (Å²) in [4.78, 5) is 0. The van der Waals surface area contributed by atoms with Gasteiger partial charge in [0.25, 0.3) is 0 Å². The number of hydrogen-bond acceptors (Lipinski definition) is 0. The van der Waals surface area contributed by atoms with Crippen LogP contribution in [0.2, 0.25) is 0 Å². The first-order valence-electron chi connectivity index (χ1n) is 13.0. The van der Waals surface area contributed by atoms with Crippen LogP contribution in [0.25, 0.3) is 0 Å². The van der Waals surface area contributed by atoms with Crippen LogP contribution in [0.1, 0.15) is 119 Å². The third kappa shape index (κ3) is 4.54. The lowest BCUT2D eigenvalue weighted by atomic mass is 9.43. The normalized spacial score (nSPS) is 38.0. The lowest BCUT2D eigenvalue weighted by molar-refractivity contribution is -0.123. The van der Waals surface area contributed by atoms with Gasteiger partial charge in [0.05, 0.1) is 0 Å². The van der Waals surface area contributed by atoms with Gasteiger partial charge in [0.2, 0.25) is 0 Å². The smallest absolute Gasteiger partial charge is 0.0149 e. The van der Waals surface area contributed by atoms with Crippen molar-refractivity contribution < 1.29 is 0 Å². The largest absolute Gasteiger partial charge is 0.0995 e. The second-order valence-electron chi connectivity index (χ2n) is 12.7. The highest BCUT2D eigenvalue weighted by atomic mass is 14.7. The van der Waals surface area contributed by atoms with Crippen LogP contribution in [0.15, 0.2) is 35.5 Å². The van der Waals surface area contributed by atoms with Gasteiger partial charge in [0.15, 0.2) is 0 Å². The van der Waals surface area contributed by atoms with E-state index in [2.05, 4.69) is 67.2 Å². The zero-order chi connectivity index (χ0) is 22.2. The first kappa shape index (κ1) is 23.9. The van der Waals surface area contributed by atoms with Crippen molar-refractivity contribution in [2.24, 2.45) is 34.0 Å². The van der Waals surface area contributed by atoms with Gasteiger partial charge in [-0.05, 0) is 119 Å². The molecule has 0 aliphatic heterocycles. The first-order chi connectivity index (χ1) is 14.0. The van der Waals surface area contributed by atoms with Crippen molar-refractivity contribution in [3.05, 3.63) is 35.5 Å². The zero-order valence-corrected chi connectivity index (χ0v) is 21.4. The summed E-state index contributed by atoms with van der Waals surface area (Å²) in [5.41, 5.74) is 6.14. The van der Waals surface area contributed by atoms with Crippen LogP contribution in [0, 0.1) is 34.0 Å². The highest BCUT2D eigenvalue weighted by molar-refractivity contribution is 5.18. The predicted molar refractivity (Wildman–Crippen MR) is 134 cm³/mol. The van der Waals surface area contributed by atoms with Crippen molar-refractivity contribution in [3.63, 3.8) is 0 Å². The van der Waals surface area contributed by atoms with E-state index in [4.69, 9.17) is 0 Å². The Kier molecular flexibility index (Phi) is 7.16. The topological polar surface area (TPSA) is 0 Å². The molecule has 3 saturated carbocycles. The van der Waals surface area contributed by atoms with Gasteiger partial charge in [-0.15, -0.1) is 0 Å². The fraction of sp³-hybridized carbons (Fsp3) is 0.800. The third-order valence-corrected chi connectivity index (χ3v) is 9.92. The molecule has 0 heterocycles. The molecule has 0 amide bonds. The van der Waals surface area contributed by atoms with Crippen LogP contribution in [0.3, 0.4) is 0 Å². The Morgan fingerprint density at radius 1 is 0.800 bits per heavy atom. The summed E-state index contributed by atoms with van der Waals surface area (Å²) in [5.74, 6) is 2.59. The molecule has 0 heteroatoms. The molecule has 0 spiro atoms. The van der Waals surface area contributed by atoms with Gasteiger partial charge in [-0.2, -0.15) is 0 Å². The van der Waals surface area contributed by atoms with E-state index in [1.165, 1.54) is 76.2 Å². The Labute approximate surface area is 188 Å². The highest BCUT2D eigenvalue weighted by Crippen LogP contribution is 2.70. The number of fused-ring (bicyclic) bond motifs is 3. The van der Waals surface area contributed by atoms with E-state index in [0.717, 1.165) is 17.8 Å². The SMILES string of the molecule is C=C(CC/C=C(\C)CCC=C(C)C)[C@H]1CC[C@H]2[C@@]1(C)CC[C@H]1C(C)(C)CCC[C@]21C. The standard InChI is InChI=1S/C30H50/c1-22(2)12-9-13-23(3)14-10-15-24(4)25-16-17-27-29(25,7)21-18-26-28(5,6)19-11-20-30(26,27)8/h12,14,25-27H,4,9-11,13,15-21H2,1-3,5-8H3/b23-14+/t25-,26+,27+,29+,30+/m1/s1. The average Bonchev–Trinajstić information content (AvgIpc) is 2.99. The predicted octanol–water partition coefficient (Wildman–Crippen LogP) is 9.67. The summed E-state index contributed by atoms with van der Waals surface area (Å²) in [7, 11) is 0. The average molecular weight is 411 g/mol. The van der Waals surface area contributed by atoms with E-state index in [1.807, 2.05) is 0 Å². The molecule has 3 rings (SSSR count). The first-order valence-corrected chi connectivity index (χ1v) is 13.0. The Morgan fingerprint density at radius 2 is 1.50 bits per heavy atom. The van der Waals surface area contributed by atoms with E-state index < -0.39 is 0 Å². The van der Waals surface area contributed by atoms with Crippen molar-refractivity contribution in [2.45, 2.75) is 119 Å². The molecule has 0 radical (unpaired) electrons. The molecular weight excluding hydrogens is 360 g/mol. The molecule has 0 bridgehead atoms. The van der Waals surface area contributed by atoms with Gasteiger partial charge < -0.3 is 0 Å². The Bertz CT molecular complexity index is 685. The Hall–Kier alpha value is -0.780. The summed E-state index contributed by atoms with van der Waals surface area (Å²) in [6, 6.07) is 0. The number of allylic oxidation sites excluding steroid dienone is 5. The van der Waals surface area contributed by atoms with Gasteiger partial charge in [-0.1, -0.05) is 69.6 Å². The molecule has 0 unspecified atom stereocenters. The van der Waals surface area contributed by atoms with E-state index in [1.54, 1.807) is 11.1 Å². The van der Waals surface area contributed by atoms with Crippen molar-refractivity contribution in [2.75, 3.05) is 0 Å². The minimum atomic E-state index is 0.498. The molecule has 3 aliphatic carbocycles. The van der Waals surface area contributed by atoms with Gasteiger partial charge in [-0.3, -0.25) is 0 Å². The maximum Gasteiger partial charge on any atom is -0.0149 e.